The number of amides is 1. The summed E-state index contributed by atoms with van der Waals surface area (Å²) >= 11 is 3.77. The van der Waals surface area contributed by atoms with Gasteiger partial charge >= 0.3 is 6.09 Å². The van der Waals surface area contributed by atoms with Gasteiger partial charge < -0.3 is 10.1 Å². The van der Waals surface area contributed by atoms with Gasteiger partial charge in [0.25, 0.3) is 5.69 Å². The Balaban J connectivity index is 2.64. The number of ether oxygens (including phenoxy) is 1. The second-order valence-electron chi connectivity index (χ2n) is 2.48. The fourth-order valence-electron chi connectivity index (χ4n) is 0.844. The van der Waals surface area contributed by atoms with Gasteiger partial charge in [0.15, 0.2) is 0 Å². The van der Waals surface area contributed by atoms with Crippen molar-refractivity contribution in [3.63, 3.8) is 0 Å². The van der Waals surface area contributed by atoms with Gasteiger partial charge in [-0.05, 0) is 12.1 Å². The monoisotopic (exact) mass is 228 g/mol. The maximum absolute atomic E-state index is 10.9. The first-order valence-corrected chi connectivity index (χ1v) is 4.57. The van der Waals surface area contributed by atoms with Crippen molar-refractivity contribution in [3.8, 4) is 5.75 Å². The van der Waals surface area contributed by atoms with Crippen molar-refractivity contribution in [2.75, 3.05) is 5.88 Å². The van der Waals surface area contributed by atoms with Crippen LogP contribution in [0, 0.1) is 10.1 Å². The Labute approximate surface area is 90.8 Å². The van der Waals surface area contributed by atoms with Gasteiger partial charge in [-0.3, -0.25) is 10.1 Å². The minimum Gasteiger partial charge on any atom is -0.410 e. The Morgan fingerprint density at radius 1 is 1.47 bits per heavy atom. The minimum atomic E-state index is -0.654. The van der Waals surface area contributed by atoms with Crippen molar-refractivity contribution in [2.24, 2.45) is 0 Å². The first-order chi connectivity index (χ1) is 7.13. The molecule has 0 aromatic heterocycles. The molecule has 0 radical (unpaired) electrons. The molecule has 0 bridgehead atoms. The van der Waals surface area contributed by atoms with E-state index in [1.807, 2.05) is 0 Å². The van der Waals surface area contributed by atoms with Crippen molar-refractivity contribution in [3.05, 3.63) is 34.4 Å². The molecular weight excluding hydrogens is 220 g/mol. The molecular formula is C8H8N2O4S. The number of non-ortho nitro benzene ring substituents is 1. The molecule has 0 atom stereocenters. The minimum absolute atomic E-state index is 0.0584. The predicted molar refractivity (Wildman–Crippen MR) is 56.1 cm³/mol. The summed E-state index contributed by atoms with van der Waals surface area (Å²) in [6.07, 6.45) is -0.654. The van der Waals surface area contributed by atoms with Gasteiger partial charge in [0.2, 0.25) is 0 Å². The van der Waals surface area contributed by atoms with Gasteiger partial charge in [-0.1, -0.05) is 0 Å². The van der Waals surface area contributed by atoms with E-state index in [0.29, 0.717) is 0 Å². The average molecular weight is 228 g/mol. The molecule has 0 fully saturated rings. The van der Waals surface area contributed by atoms with Crippen LogP contribution in [0.25, 0.3) is 0 Å². The number of nitrogens with zero attached hydrogens (tertiary/aromatic N) is 1. The first-order valence-electron chi connectivity index (χ1n) is 3.94. The van der Waals surface area contributed by atoms with Gasteiger partial charge in [0, 0.05) is 12.1 Å². The van der Waals surface area contributed by atoms with E-state index in [0.717, 1.165) is 0 Å². The molecule has 1 rings (SSSR count). The van der Waals surface area contributed by atoms with Crippen LogP contribution in [0.2, 0.25) is 0 Å². The molecule has 1 aromatic carbocycles. The van der Waals surface area contributed by atoms with Gasteiger partial charge in [-0.2, -0.15) is 12.6 Å². The lowest BCUT2D eigenvalue weighted by molar-refractivity contribution is -0.384. The fourth-order valence-corrected chi connectivity index (χ4v) is 0.973. The van der Waals surface area contributed by atoms with Crippen LogP contribution in [0.3, 0.4) is 0 Å². The van der Waals surface area contributed by atoms with Crippen molar-refractivity contribution in [2.45, 2.75) is 0 Å². The molecule has 0 saturated carbocycles. The Kier molecular flexibility index (Phi) is 3.92. The lowest BCUT2D eigenvalue weighted by Gasteiger charge is -2.03. The smallest absolute Gasteiger partial charge is 0.410 e. The molecule has 6 nitrogen and oxygen atoms in total. The zero-order valence-electron chi connectivity index (χ0n) is 7.54. The van der Waals surface area contributed by atoms with Crippen LogP contribution in [-0.4, -0.2) is 16.9 Å². The molecule has 0 saturated heterocycles. The number of hydrogen-bond donors (Lipinski definition) is 2. The van der Waals surface area contributed by atoms with Crippen molar-refractivity contribution >= 4 is 24.4 Å². The summed E-state index contributed by atoms with van der Waals surface area (Å²) in [5, 5.41) is 12.6. The van der Waals surface area contributed by atoms with E-state index >= 15 is 0 Å². The highest BCUT2D eigenvalue weighted by atomic mass is 32.1. The number of benzene rings is 1. The molecule has 7 heteroatoms. The second-order valence-corrected chi connectivity index (χ2v) is 2.79. The van der Waals surface area contributed by atoms with E-state index in [1.165, 1.54) is 24.3 Å². The third kappa shape index (κ3) is 3.47. The lowest BCUT2D eigenvalue weighted by Crippen LogP contribution is -2.25. The molecule has 1 amide bonds. The molecule has 0 heterocycles. The number of hydrogen-bond acceptors (Lipinski definition) is 5. The van der Waals surface area contributed by atoms with Crippen LogP contribution in [0.15, 0.2) is 24.3 Å². The van der Waals surface area contributed by atoms with E-state index in [1.54, 1.807) is 0 Å². The number of thiol groups is 1. The maximum Gasteiger partial charge on any atom is 0.413 e. The van der Waals surface area contributed by atoms with Crippen LogP contribution >= 0.6 is 12.6 Å². The zero-order chi connectivity index (χ0) is 11.3. The molecule has 0 unspecified atom stereocenters. The molecule has 80 valence electrons. The molecule has 0 aliphatic heterocycles. The van der Waals surface area contributed by atoms with E-state index in [2.05, 4.69) is 17.9 Å². The first kappa shape index (κ1) is 11.3. The van der Waals surface area contributed by atoms with Crippen molar-refractivity contribution < 1.29 is 14.5 Å². The Bertz CT molecular complexity index is 365. The standard InChI is InChI=1S/C8H8N2O4S/c11-8(9-5-15)14-7-3-1-6(2-4-7)10(12)13/h1-4,15H,5H2,(H,9,11). The summed E-state index contributed by atoms with van der Waals surface area (Å²) in [5.41, 5.74) is -0.0584. The number of nitrogens with one attached hydrogen (secondary N) is 1. The quantitative estimate of drug-likeness (QED) is 0.356. The van der Waals surface area contributed by atoms with Gasteiger partial charge in [-0.25, -0.2) is 4.79 Å². The highest BCUT2D eigenvalue weighted by Crippen LogP contribution is 2.17. The van der Waals surface area contributed by atoms with Crippen LogP contribution in [0.1, 0.15) is 0 Å². The largest absolute Gasteiger partial charge is 0.413 e. The van der Waals surface area contributed by atoms with E-state index < -0.39 is 11.0 Å². The number of carbonyl (C=O) groups excluding carboxylic acids is 1. The maximum atomic E-state index is 10.9. The summed E-state index contributed by atoms with van der Waals surface area (Å²) in [6, 6.07) is 5.19. The topological polar surface area (TPSA) is 81.5 Å². The zero-order valence-corrected chi connectivity index (χ0v) is 8.44. The molecule has 1 aromatic rings. The van der Waals surface area contributed by atoms with Crippen LogP contribution < -0.4 is 10.1 Å². The van der Waals surface area contributed by atoms with E-state index in [9.17, 15) is 14.9 Å². The Morgan fingerprint density at radius 3 is 2.53 bits per heavy atom. The number of nitro benzene ring substituents is 1. The third-order valence-corrected chi connectivity index (χ3v) is 1.64. The van der Waals surface area contributed by atoms with Crippen LogP contribution in [-0.2, 0) is 0 Å². The molecule has 0 spiro atoms. The summed E-state index contributed by atoms with van der Waals surface area (Å²) in [5.74, 6) is 0.395. The SMILES string of the molecule is O=C(NCS)Oc1ccc([N+](=O)[O-])cc1. The molecule has 0 aliphatic carbocycles. The second kappa shape index (κ2) is 5.20. The molecule has 1 N–H and O–H groups in total. The normalized spacial score (nSPS) is 9.40. The highest BCUT2D eigenvalue weighted by Gasteiger charge is 2.06. The number of nitro groups is 1. The molecule has 15 heavy (non-hydrogen) atoms. The van der Waals surface area contributed by atoms with E-state index in [-0.39, 0.29) is 17.3 Å². The summed E-state index contributed by atoms with van der Waals surface area (Å²) < 4.78 is 4.77. The average Bonchev–Trinajstić information content (AvgIpc) is 2.18. The number of rotatable bonds is 3. The van der Waals surface area contributed by atoms with Crippen LogP contribution in [0.4, 0.5) is 10.5 Å². The Hall–Kier alpha value is -1.76. The summed E-state index contributed by atoms with van der Waals surface area (Å²) in [4.78, 5) is 20.7. The van der Waals surface area contributed by atoms with Crippen molar-refractivity contribution in [1.29, 1.82) is 0 Å². The fraction of sp³-hybridized carbons (Fsp3) is 0.125. The van der Waals surface area contributed by atoms with Gasteiger partial charge in [-0.15, -0.1) is 0 Å². The number of carbonyl (C=O) groups is 1. The van der Waals surface area contributed by atoms with E-state index in [4.69, 9.17) is 4.74 Å². The summed E-state index contributed by atoms with van der Waals surface area (Å²) in [7, 11) is 0. The van der Waals surface area contributed by atoms with Gasteiger partial charge in [0.05, 0.1) is 10.8 Å². The van der Waals surface area contributed by atoms with Crippen molar-refractivity contribution in [1.82, 2.24) is 5.32 Å². The highest BCUT2D eigenvalue weighted by molar-refractivity contribution is 7.80. The van der Waals surface area contributed by atoms with Crippen LogP contribution in [0.5, 0.6) is 5.75 Å². The Morgan fingerprint density at radius 2 is 2.07 bits per heavy atom. The predicted octanol–water partition coefficient (Wildman–Crippen LogP) is 1.57. The molecule has 0 aliphatic rings. The summed E-state index contributed by atoms with van der Waals surface area (Å²) in [6.45, 7) is 0. The third-order valence-electron chi connectivity index (χ3n) is 1.48. The lowest BCUT2D eigenvalue weighted by atomic mass is 10.3. The van der Waals surface area contributed by atoms with Gasteiger partial charge in [0.1, 0.15) is 5.75 Å².